The van der Waals surface area contributed by atoms with Gasteiger partial charge in [0.1, 0.15) is 23.4 Å². The van der Waals surface area contributed by atoms with Gasteiger partial charge in [-0.05, 0) is 58.8 Å². The number of carbonyl (C=O) groups is 1. The average molecular weight is 505 g/mol. The Kier molecular flexibility index (Phi) is 6.43. The van der Waals surface area contributed by atoms with Crippen molar-refractivity contribution >= 4 is 6.09 Å². The molecule has 4 saturated heterocycles. The number of allylic oxidation sites excluding steroid dienone is 1. The molecule has 8 heteroatoms. The number of rotatable bonds is 7. The third kappa shape index (κ3) is 4.51. The smallest absolute Gasteiger partial charge is 0.410 e. The fourth-order valence-corrected chi connectivity index (χ4v) is 7.87. The van der Waals surface area contributed by atoms with Gasteiger partial charge in [0.25, 0.3) is 0 Å². The summed E-state index contributed by atoms with van der Waals surface area (Å²) in [5.41, 5.74) is 1.12. The van der Waals surface area contributed by atoms with Gasteiger partial charge >= 0.3 is 6.09 Å². The number of carbonyl (C=O) groups excluding carboxylic acids is 1. The lowest BCUT2D eigenvalue weighted by Gasteiger charge is -2.59. The van der Waals surface area contributed by atoms with Crippen LogP contribution < -0.4 is 0 Å². The predicted octanol–water partition coefficient (Wildman–Crippen LogP) is 3.24. The van der Waals surface area contributed by atoms with Crippen molar-refractivity contribution < 1.29 is 28.5 Å². The number of morpholine rings is 1. The van der Waals surface area contributed by atoms with E-state index < -0.39 is 0 Å². The predicted molar refractivity (Wildman–Crippen MR) is 134 cm³/mol. The van der Waals surface area contributed by atoms with Crippen molar-refractivity contribution in [1.82, 2.24) is 9.80 Å². The van der Waals surface area contributed by atoms with Crippen molar-refractivity contribution in [3.8, 4) is 0 Å². The third-order valence-corrected chi connectivity index (χ3v) is 9.86. The molecule has 0 aromatic rings. The van der Waals surface area contributed by atoms with Crippen LogP contribution in [0.4, 0.5) is 4.79 Å². The second-order valence-corrected chi connectivity index (χ2v) is 12.8. The summed E-state index contributed by atoms with van der Waals surface area (Å²) in [5.74, 6) is 0.818. The van der Waals surface area contributed by atoms with Crippen LogP contribution in [0.15, 0.2) is 11.6 Å². The topological polar surface area (TPSA) is 76.3 Å². The Morgan fingerprint density at radius 2 is 1.89 bits per heavy atom. The lowest BCUT2D eigenvalue weighted by Crippen LogP contribution is -2.65. The first-order valence-electron chi connectivity index (χ1n) is 14.0. The van der Waals surface area contributed by atoms with E-state index in [9.17, 15) is 4.79 Å². The number of likely N-dealkylation sites (tertiary alicyclic amines) is 1. The highest BCUT2D eigenvalue weighted by atomic mass is 16.6. The first-order chi connectivity index (χ1) is 17.3. The molecule has 36 heavy (non-hydrogen) atoms. The van der Waals surface area contributed by atoms with Gasteiger partial charge < -0.3 is 28.6 Å². The zero-order chi connectivity index (χ0) is 25.1. The molecular weight excluding hydrogens is 460 g/mol. The molecule has 6 rings (SSSR count). The lowest BCUT2D eigenvalue weighted by molar-refractivity contribution is -0.137. The number of amides is 1. The second-order valence-electron chi connectivity index (χ2n) is 12.8. The zero-order valence-electron chi connectivity index (χ0n) is 22.5. The molecule has 4 aliphatic heterocycles. The Morgan fingerprint density at radius 1 is 1.17 bits per heavy atom. The highest BCUT2D eigenvalue weighted by molar-refractivity contribution is 5.69. The van der Waals surface area contributed by atoms with Crippen molar-refractivity contribution in [1.29, 1.82) is 0 Å². The van der Waals surface area contributed by atoms with Crippen LogP contribution in [0.5, 0.6) is 0 Å². The zero-order valence-corrected chi connectivity index (χ0v) is 22.5. The van der Waals surface area contributed by atoms with Crippen LogP contribution in [0.25, 0.3) is 0 Å². The summed E-state index contributed by atoms with van der Waals surface area (Å²) < 4.78 is 30.0. The van der Waals surface area contributed by atoms with Crippen LogP contribution in [-0.2, 0) is 23.7 Å². The summed E-state index contributed by atoms with van der Waals surface area (Å²) in [6.45, 7) is 13.8. The molecular formula is C28H44N2O6. The van der Waals surface area contributed by atoms with Crippen molar-refractivity contribution in [3.63, 3.8) is 0 Å². The number of methoxy groups -OCH3 is 1. The van der Waals surface area contributed by atoms with Crippen LogP contribution in [-0.4, -0.2) is 105 Å². The van der Waals surface area contributed by atoms with Gasteiger partial charge in [0.15, 0.2) is 0 Å². The van der Waals surface area contributed by atoms with Crippen molar-refractivity contribution in [2.24, 2.45) is 17.3 Å². The van der Waals surface area contributed by atoms with E-state index in [0.29, 0.717) is 5.41 Å². The van der Waals surface area contributed by atoms with E-state index in [-0.39, 0.29) is 41.5 Å². The molecule has 2 saturated carbocycles. The number of hydrogen-bond acceptors (Lipinski definition) is 7. The molecule has 1 unspecified atom stereocenters. The van der Waals surface area contributed by atoms with Crippen LogP contribution in [0.2, 0.25) is 0 Å². The molecule has 202 valence electrons. The lowest BCUT2D eigenvalue weighted by atomic mass is 9.57. The Bertz CT molecular complexity index is 865. The van der Waals surface area contributed by atoms with Gasteiger partial charge in [0.2, 0.25) is 0 Å². The maximum absolute atomic E-state index is 13.1. The van der Waals surface area contributed by atoms with Crippen LogP contribution in [0.1, 0.15) is 52.9 Å². The van der Waals surface area contributed by atoms with Crippen molar-refractivity contribution in [2.45, 2.75) is 82.4 Å². The van der Waals surface area contributed by atoms with Gasteiger partial charge in [0, 0.05) is 45.2 Å². The van der Waals surface area contributed by atoms with Gasteiger partial charge in [-0.2, -0.15) is 0 Å². The van der Waals surface area contributed by atoms with E-state index in [1.54, 1.807) is 7.11 Å². The molecule has 0 radical (unpaired) electrons. The van der Waals surface area contributed by atoms with E-state index in [1.165, 1.54) is 25.0 Å². The number of hydrogen-bond donors (Lipinski definition) is 0. The Labute approximate surface area is 215 Å². The molecule has 0 N–H and O–H groups in total. The summed E-state index contributed by atoms with van der Waals surface area (Å²) in [5, 5.41) is 0. The minimum absolute atomic E-state index is 0.0624. The third-order valence-electron chi connectivity index (χ3n) is 9.86. The first kappa shape index (κ1) is 25.1. The van der Waals surface area contributed by atoms with Crippen LogP contribution >= 0.6 is 0 Å². The molecule has 6 aliphatic rings. The standard InChI is InChI=1S/C28H44N2O6/c1-19(2)5-6-22-26(3,36-22)24-23(32-4)21(7-8-28(24)18-34-28)35-25(31)30-16-27(17-30)13-20(14-27)15-29-9-11-33-12-10-29/h5,20-24H,6-18H2,1-4H3/t21-,22-,23-,24?,26+,28+/m1/s1. The minimum Gasteiger partial charge on any atom is -0.443 e. The van der Waals surface area contributed by atoms with Gasteiger partial charge in [-0.15, -0.1) is 0 Å². The summed E-state index contributed by atoms with van der Waals surface area (Å²) >= 11 is 0. The molecule has 6 atom stereocenters. The molecule has 1 amide bonds. The fourth-order valence-electron chi connectivity index (χ4n) is 7.87. The normalized spacial score (nSPS) is 41.5. The molecule has 8 nitrogen and oxygen atoms in total. The molecule has 0 bridgehead atoms. The maximum Gasteiger partial charge on any atom is 0.410 e. The van der Waals surface area contributed by atoms with E-state index in [0.717, 1.165) is 71.2 Å². The number of nitrogens with zero attached hydrogens (tertiary/aromatic N) is 2. The van der Waals surface area contributed by atoms with Crippen molar-refractivity contribution in [2.75, 3.05) is 59.7 Å². The minimum atomic E-state index is -0.309. The average Bonchev–Trinajstić information content (AvgIpc) is 3.72. The van der Waals surface area contributed by atoms with E-state index in [1.807, 2.05) is 4.90 Å². The maximum atomic E-state index is 13.1. The second kappa shape index (κ2) is 9.23. The number of ether oxygens (including phenoxy) is 5. The highest BCUT2D eigenvalue weighted by Gasteiger charge is 2.72. The summed E-state index contributed by atoms with van der Waals surface area (Å²) in [4.78, 5) is 17.6. The molecule has 2 spiro atoms. The summed E-state index contributed by atoms with van der Waals surface area (Å²) in [7, 11) is 1.73. The Morgan fingerprint density at radius 3 is 2.53 bits per heavy atom. The van der Waals surface area contributed by atoms with E-state index >= 15 is 0 Å². The SMILES string of the molecule is CO[C@H]1C([C@@]2(C)O[C@@H]2CC=C(C)C)[C@]2(CC[C@H]1OC(=O)N1CC3(CC(CN4CCOCC4)C3)C1)CO2. The monoisotopic (exact) mass is 504 g/mol. The quantitative estimate of drug-likeness (QED) is 0.389. The highest BCUT2D eigenvalue weighted by Crippen LogP contribution is 2.60. The first-order valence-corrected chi connectivity index (χ1v) is 14.0. The molecule has 2 aliphatic carbocycles. The molecule has 0 aromatic carbocycles. The van der Waals surface area contributed by atoms with Crippen LogP contribution in [0.3, 0.4) is 0 Å². The summed E-state index contributed by atoms with van der Waals surface area (Å²) in [6.07, 6.45) is 6.74. The Balaban J connectivity index is 1.02. The van der Waals surface area contributed by atoms with Gasteiger partial charge in [-0.25, -0.2) is 4.79 Å². The molecule has 4 heterocycles. The summed E-state index contributed by atoms with van der Waals surface area (Å²) in [6, 6.07) is 0. The van der Waals surface area contributed by atoms with Gasteiger partial charge in [-0.1, -0.05) is 11.6 Å². The molecule has 0 aromatic heterocycles. The molecule has 6 fully saturated rings. The van der Waals surface area contributed by atoms with Crippen molar-refractivity contribution in [3.05, 3.63) is 11.6 Å². The van der Waals surface area contributed by atoms with Gasteiger partial charge in [-0.3, -0.25) is 4.90 Å². The Hall–Kier alpha value is -1.19. The number of epoxide rings is 2. The fraction of sp³-hybridized carbons (Fsp3) is 0.893. The van der Waals surface area contributed by atoms with Gasteiger partial charge in [0.05, 0.1) is 31.8 Å². The van der Waals surface area contributed by atoms with Crippen LogP contribution in [0, 0.1) is 17.3 Å². The van der Waals surface area contributed by atoms with E-state index in [2.05, 4.69) is 31.7 Å². The largest absolute Gasteiger partial charge is 0.443 e. The van der Waals surface area contributed by atoms with E-state index in [4.69, 9.17) is 23.7 Å².